The molecule has 2 aromatic rings. The van der Waals surface area contributed by atoms with E-state index in [9.17, 15) is 0 Å². The maximum absolute atomic E-state index is 4.53. The zero-order chi connectivity index (χ0) is 14.5. The van der Waals surface area contributed by atoms with Crippen molar-refractivity contribution in [3.63, 3.8) is 0 Å². The quantitative estimate of drug-likeness (QED) is 0.844. The monoisotopic (exact) mass is 275 g/mol. The largest absolute Gasteiger partial charge is 0.307 e. The number of nitrogens with one attached hydrogen (secondary N) is 1. The van der Waals surface area contributed by atoms with Gasteiger partial charge in [-0.05, 0) is 32.8 Å². The second kappa shape index (κ2) is 6.70. The summed E-state index contributed by atoms with van der Waals surface area (Å²) in [6.07, 6.45) is 5.20. The van der Waals surface area contributed by atoms with Crippen LogP contribution in [0.25, 0.3) is 0 Å². The summed E-state index contributed by atoms with van der Waals surface area (Å²) in [5, 5.41) is 12.4. The van der Waals surface area contributed by atoms with Crippen LogP contribution in [0.15, 0.2) is 12.4 Å². The van der Waals surface area contributed by atoms with Crippen LogP contribution in [0.5, 0.6) is 0 Å². The van der Waals surface area contributed by atoms with E-state index in [1.807, 2.05) is 10.9 Å². The molecule has 0 aliphatic rings. The van der Waals surface area contributed by atoms with Gasteiger partial charge in [-0.3, -0.25) is 9.36 Å². The molecule has 0 spiro atoms. The molecule has 0 bridgehead atoms. The molecule has 0 fully saturated rings. The van der Waals surface area contributed by atoms with Crippen molar-refractivity contribution in [3.8, 4) is 0 Å². The topological polar surface area (TPSA) is 47.7 Å². The first kappa shape index (κ1) is 14.8. The number of rotatable bonds is 7. The van der Waals surface area contributed by atoms with Crippen molar-refractivity contribution < 1.29 is 0 Å². The zero-order valence-electron chi connectivity index (χ0n) is 13.0. The van der Waals surface area contributed by atoms with Gasteiger partial charge in [-0.25, -0.2) is 0 Å². The van der Waals surface area contributed by atoms with Crippen molar-refractivity contribution in [1.29, 1.82) is 0 Å². The minimum Gasteiger partial charge on any atom is -0.307 e. The van der Waals surface area contributed by atoms with E-state index in [1.54, 1.807) is 0 Å². The second-order valence-electron chi connectivity index (χ2n) is 5.20. The van der Waals surface area contributed by atoms with Crippen LogP contribution in [0, 0.1) is 13.8 Å². The van der Waals surface area contributed by atoms with Crippen LogP contribution in [0.3, 0.4) is 0 Å². The van der Waals surface area contributed by atoms with Gasteiger partial charge in [0.05, 0.1) is 17.6 Å². The zero-order valence-corrected chi connectivity index (χ0v) is 13.0. The molecule has 0 aromatic carbocycles. The molecule has 5 nitrogen and oxygen atoms in total. The van der Waals surface area contributed by atoms with Gasteiger partial charge >= 0.3 is 0 Å². The van der Waals surface area contributed by atoms with Gasteiger partial charge in [-0.15, -0.1) is 0 Å². The Labute approximate surface area is 121 Å². The van der Waals surface area contributed by atoms with Crippen molar-refractivity contribution in [2.75, 3.05) is 0 Å². The number of aryl methyl sites for hydroxylation is 4. The summed E-state index contributed by atoms with van der Waals surface area (Å²) in [7, 11) is 0. The fraction of sp³-hybridized carbons (Fsp3) is 0.600. The number of aromatic nitrogens is 4. The molecule has 0 unspecified atom stereocenters. The normalized spacial score (nSPS) is 11.2. The lowest BCUT2D eigenvalue weighted by atomic mass is 10.2. The van der Waals surface area contributed by atoms with Gasteiger partial charge in [-0.2, -0.15) is 10.2 Å². The molecule has 0 aliphatic carbocycles. The van der Waals surface area contributed by atoms with E-state index in [-0.39, 0.29) is 0 Å². The van der Waals surface area contributed by atoms with Crippen LogP contribution in [-0.4, -0.2) is 19.6 Å². The minimum atomic E-state index is 0.845. The molecule has 1 N–H and O–H groups in total. The van der Waals surface area contributed by atoms with Crippen molar-refractivity contribution in [3.05, 3.63) is 34.9 Å². The molecule has 0 saturated heterocycles. The van der Waals surface area contributed by atoms with Crippen LogP contribution in [0.1, 0.15) is 42.8 Å². The van der Waals surface area contributed by atoms with Crippen molar-refractivity contribution in [1.82, 2.24) is 24.9 Å². The van der Waals surface area contributed by atoms with Gasteiger partial charge in [0, 0.05) is 37.9 Å². The molecule has 2 heterocycles. The van der Waals surface area contributed by atoms with Crippen LogP contribution in [0.4, 0.5) is 0 Å². The molecule has 0 amide bonds. The fourth-order valence-corrected chi connectivity index (χ4v) is 2.40. The highest BCUT2D eigenvalue weighted by atomic mass is 15.3. The van der Waals surface area contributed by atoms with Gasteiger partial charge in [-0.1, -0.05) is 6.92 Å². The summed E-state index contributed by atoms with van der Waals surface area (Å²) in [6.45, 7) is 12.1. The van der Waals surface area contributed by atoms with E-state index in [1.165, 1.54) is 16.8 Å². The Morgan fingerprint density at radius 1 is 1.20 bits per heavy atom. The van der Waals surface area contributed by atoms with Gasteiger partial charge in [0.25, 0.3) is 0 Å². The van der Waals surface area contributed by atoms with Crippen molar-refractivity contribution >= 4 is 0 Å². The Hall–Kier alpha value is -1.62. The molecular formula is C15H25N5. The maximum Gasteiger partial charge on any atom is 0.0638 e. The van der Waals surface area contributed by atoms with Gasteiger partial charge < -0.3 is 5.32 Å². The first-order valence-electron chi connectivity index (χ1n) is 7.40. The SMILES string of the molecule is CCCn1cc(CNCc2c(C)cnn2CC)c(C)n1. The first-order valence-corrected chi connectivity index (χ1v) is 7.40. The Bertz CT molecular complexity index is 553. The first-order chi connectivity index (χ1) is 9.65. The highest BCUT2D eigenvalue weighted by Crippen LogP contribution is 2.09. The molecule has 110 valence electrons. The number of hydrogen-bond acceptors (Lipinski definition) is 3. The van der Waals surface area contributed by atoms with Crippen molar-refractivity contribution in [2.45, 2.75) is 60.3 Å². The van der Waals surface area contributed by atoms with Crippen LogP contribution in [-0.2, 0) is 26.2 Å². The van der Waals surface area contributed by atoms with E-state index in [2.05, 4.69) is 54.1 Å². The maximum atomic E-state index is 4.53. The summed E-state index contributed by atoms with van der Waals surface area (Å²) in [4.78, 5) is 0. The molecule has 0 atom stereocenters. The summed E-state index contributed by atoms with van der Waals surface area (Å²) < 4.78 is 4.09. The highest BCUT2D eigenvalue weighted by Gasteiger charge is 2.07. The molecule has 20 heavy (non-hydrogen) atoms. The molecule has 0 saturated carbocycles. The van der Waals surface area contributed by atoms with E-state index in [4.69, 9.17) is 0 Å². The summed E-state index contributed by atoms with van der Waals surface area (Å²) >= 11 is 0. The standard InChI is InChI=1S/C15H25N5/c1-5-7-19-11-14(13(4)18-19)9-16-10-15-12(3)8-17-20(15)6-2/h8,11,16H,5-7,9-10H2,1-4H3. The average molecular weight is 275 g/mol. The van der Waals surface area contributed by atoms with Crippen LogP contribution >= 0.6 is 0 Å². The van der Waals surface area contributed by atoms with E-state index in [0.717, 1.165) is 38.3 Å². The third-order valence-corrected chi connectivity index (χ3v) is 3.57. The van der Waals surface area contributed by atoms with E-state index >= 15 is 0 Å². The predicted molar refractivity (Wildman–Crippen MR) is 80.4 cm³/mol. The molecule has 0 radical (unpaired) electrons. The van der Waals surface area contributed by atoms with Crippen molar-refractivity contribution in [2.24, 2.45) is 0 Å². The molecule has 2 rings (SSSR count). The Morgan fingerprint density at radius 3 is 2.70 bits per heavy atom. The Kier molecular flexibility index (Phi) is 4.95. The lowest BCUT2D eigenvalue weighted by Gasteiger charge is -2.07. The Balaban J connectivity index is 1.94. The molecular weight excluding hydrogens is 250 g/mol. The molecule has 5 heteroatoms. The smallest absolute Gasteiger partial charge is 0.0638 e. The van der Waals surface area contributed by atoms with Crippen LogP contribution < -0.4 is 5.32 Å². The lowest BCUT2D eigenvalue weighted by molar-refractivity contribution is 0.578. The lowest BCUT2D eigenvalue weighted by Crippen LogP contribution is -2.17. The minimum absolute atomic E-state index is 0.845. The second-order valence-corrected chi connectivity index (χ2v) is 5.20. The number of nitrogens with zero attached hydrogens (tertiary/aromatic N) is 4. The van der Waals surface area contributed by atoms with E-state index < -0.39 is 0 Å². The molecule has 2 aromatic heterocycles. The summed E-state index contributed by atoms with van der Waals surface area (Å²) in [5.74, 6) is 0. The van der Waals surface area contributed by atoms with Gasteiger partial charge in [0.1, 0.15) is 0 Å². The van der Waals surface area contributed by atoms with Crippen LogP contribution in [0.2, 0.25) is 0 Å². The third-order valence-electron chi connectivity index (χ3n) is 3.57. The van der Waals surface area contributed by atoms with Gasteiger partial charge in [0.2, 0.25) is 0 Å². The van der Waals surface area contributed by atoms with E-state index in [0.29, 0.717) is 0 Å². The number of hydrogen-bond donors (Lipinski definition) is 1. The van der Waals surface area contributed by atoms with Gasteiger partial charge in [0.15, 0.2) is 0 Å². The highest BCUT2D eigenvalue weighted by molar-refractivity contribution is 5.17. The predicted octanol–water partition coefficient (Wildman–Crippen LogP) is 2.42. The molecule has 0 aliphatic heterocycles. The fourth-order valence-electron chi connectivity index (χ4n) is 2.40. The summed E-state index contributed by atoms with van der Waals surface area (Å²) in [6, 6.07) is 0. The Morgan fingerprint density at radius 2 is 2.00 bits per heavy atom. The third kappa shape index (κ3) is 3.28. The summed E-state index contributed by atoms with van der Waals surface area (Å²) in [5.41, 5.74) is 4.91. The average Bonchev–Trinajstić information content (AvgIpc) is 2.95.